The average molecular weight is 378 g/mol. The molecule has 0 aliphatic heterocycles. The SMILES string of the molecule is COc1ccc(C(=O)OC(C)C(=O)Nc2ccc(C)c(Cl)c2)cc1OC. The van der Waals surface area contributed by atoms with E-state index >= 15 is 0 Å². The van der Waals surface area contributed by atoms with Gasteiger partial charge >= 0.3 is 5.97 Å². The van der Waals surface area contributed by atoms with Crippen LogP contribution in [0.5, 0.6) is 11.5 Å². The molecular formula is C19H20ClNO5. The minimum Gasteiger partial charge on any atom is -0.493 e. The number of aryl methyl sites for hydroxylation is 1. The molecule has 2 rings (SSSR count). The molecule has 1 unspecified atom stereocenters. The Morgan fingerprint density at radius 3 is 2.35 bits per heavy atom. The number of halogens is 1. The van der Waals surface area contributed by atoms with Crippen LogP contribution in [0.25, 0.3) is 0 Å². The van der Waals surface area contributed by atoms with Crippen LogP contribution >= 0.6 is 11.6 Å². The molecular weight excluding hydrogens is 358 g/mol. The molecule has 0 fully saturated rings. The number of esters is 1. The summed E-state index contributed by atoms with van der Waals surface area (Å²) in [5.41, 5.74) is 1.68. The molecule has 0 radical (unpaired) electrons. The maximum absolute atomic E-state index is 12.3. The van der Waals surface area contributed by atoms with Crippen LogP contribution < -0.4 is 14.8 Å². The normalized spacial score (nSPS) is 11.4. The van der Waals surface area contributed by atoms with Gasteiger partial charge < -0.3 is 19.5 Å². The van der Waals surface area contributed by atoms with E-state index in [0.29, 0.717) is 22.2 Å². The minimum atomic E-state index is -0.990. The van der Waals surface area contributed by atoms with E-state index in [1.807, 2.05) is 6.92 Å². The fraction of sp³-hybridized carbons (Fsp3) is 0.263. The summed E-state index contributed by atoms with van der Waals surface area (Å²) in [5.74, 6) is -0.214. The van der Waals surface area contributed by atoms with Crippen molar-refractivity contribution in [3.05, 3.63) is 52.5 Å². The molecule has 0 saturated heterocycles. The predicted molar refractivity (Wildman–Crippen MR) is 99.2 cm³/mol. The molecule has 1 atom stereocenters. The summed E-state index contributed by atoms with van der Waals surface area (Å²) in [6.07, 6.45) is -0.990. The molecule has 6 nitrogen and oxygen atoms in total. The van der Waals surface area contributed by atoms with Crippen LogP contribution in [0.15, 0.2) is 36.4 Å². The summed E-state index contributed by atoms with van der Waals surface area (Å²) in [5, 5.41) is 3.20. The van der Waals surface area contributed by atoms with E-state index in [9.17, 15) is 9.59 Å². The van der Waals surface area contributed by atoms with E-state index in [-0.39, 0.29) is 5.56 Å². The van der Waals surface area contributed by atoms with Gasteiger partial charge in [-0.2, -0.15) is 0 Å². The zero-order valence-electron chi connectivity index (χ0n) is 15.0. The fourth-order valence-corrected chi connectivity index (χ4v) is 2.34. The van der Waals surface area contributed by atoms with Crippen molar-refractivity contribution in [2.45, 2.75) is 20.0 Å². The lowest BCUT2D eigenvalue weighted by Gasteiger charge is -2.15. The summed E-state index contributed by atoms with van der Waals surface area (Å²) in [7, 11) is 2.97. The lowest BCUT2D eigenvalue weighted by atomic mass is 10.2. The first kappa shape index (κ1) is 19.6. The summed E-state index contributed by atoms with van der Waals surface area (Å²) in [4.78, 5) is 24.5. The number of methoxy groups -OCH3 is 2. The van der Waals surface area contributed by atoms with Gasteiger partial charge in [-0.1, -0.05) is 17.7 Å². The van der Waals surface area contributed by atoms with Crippen molar-refractivity contribution in [1.29, 1.82) is 0 Å². The van der Waals surface area contributed by atoms with E-state index in [2.05, 4.69) is 5.32 Å². The minimum absolute atomic E-state index is 0.251. The first-order valence-corrected chi connectivity index (χ1v) is 8.23. The van der Waals surface area contributed by atoms with Crippen LogP contribution in [0.1, 0.15) is 22.8 Å². The molecule has 0 aliphatic rings. The van der Waals surface area contributed by atoms with Gasteiger partial charge in [-0.3, -0.25) is 4.79 Å². The van der Waals surface area contributed by atoms with Gasteiger partial charge in [0.1, 0.15) is 0 Å². The Balaban J connectivity index is 2.03. The molecule has 0 saturated carbocycles. The van der Waals surface area contributed by atoms with Gasteiger partial charge in [0.25, 0.3) is 5.91 Å². The van der Waals surface area contributed by atoms with Crippen molar-refractivity contribution < 1.29 is 23.8 Å². The molecule has 0 aliphatic carbocycles. The van der Waals surface area contributed by atoms with Gasteiger partial charge in [0.2, 0.25) is 0 Å². The number of anilines is 1. The van der Waals surface area contributed by atoms with Crippen LogP contribution in [0, 0.1) is 6.92 Å². The Hall–Kier alpha value is -2.73. The summed E-state index contributed by atoms with van der Waals surface area (Å²) < 4.78 is 15.5. The zero-order valence-corrected chi connectivity index (χ0v) is 15.7. The quantitative estimate of drug-likeness (QED) is 0.774. The zero-order chi connectivity index (χ0) is 19.3. The maximum atomic E-state index is 12.3. The number of amides is 1. The molecule has 138 valence electrons. The van der Waals surface area contributed by atoms with Crippen LogP contribution in [0.4, 0.5) is 5.69 Å². The van der Waals surface area contributed by atoms with Crippen LogP contribution in [-0.4, -0.2) is 32.2 Å². The molecule has 0 heterocycles. The van der Waals surface area contributed by atoms with Gasteiger partial charge in [0.05, 0.1) is 19.8 Å². The molecule has 1 amide bonds. The number of hydrogen-bond acceptors (Lipinski definition) is 5. The van der Waals surface area contributed by atoms with E-state index in [4.69, 9.17) is 25.8 Å². The lowest BCUT2D eigenvalue weighted by molar-refractivity contribution is -0.123. The Bertz CT molecular complexity index is 822. The summed E-state index contributed by atoms with van der Waals surface area (Å²) >= 11 is 6.04. The molecule has 2 aromatic carbocycles. The first-order chi connectivity index (χ1) is 12.3. The third kappa shape index (κ3) is 4.67. The molecule has 26 heavy (non-hydrogen) atoms. The van der Waals surface area contributed by atoms with Gasteiger partial charge in [0.15, 0.2) is 17.6 Å². The number of benzene rings is 2. The number of carbonyl (C=O) groups excluding carboxylic acids is 2. The van der Waals surface area contributed by atoms with Crippen LogP contribution in [0.3, 0.4) is 0 Å². The molecule has 0 aromatic heterocycles. The third-order valence-corrected chi connectivity index (χ3v) is 4.12. The van der Waals surface area contributed by atoms with Crippen molar-refractivity contribution in [2.75, 3.05) is 19.5 Å². The van der Waals surface area contributed by atoms with Crippen LogP contribution in [0.2, 0.25) is 5.02 Å². The monoisotopic (exact) mass is 377 g/mol. The molecule has 2 aromatic rings. The van der Waals surface area contributed by atoms with Gasteiger partial charge in [-0.25, -0.2) is 4.79 Å². The topological polar surface area (TPSA) is 73.9 Å². The van der Waals surface area contributed by atoms with Gasteiger partial charge in [-0.05, 0) is 49.7 Å². The summed E-state index contributed by atoms with van der Waals surface area (Å²) in [6.45, 7) is 3.35. The predicted octanol–water partition coefficient (Wildman–Crippen LogP) is 3.85. The van der Waals surface area contributed by atoms with E-state index in [1.54, 1.807) is 24.3 Å². The highest BCUT2D eigenvalue weighted by atomic mass is 35.5. The van der Waals surface area contributed by atoms with Gasteiger partial charge in [0, 0.05) is 10.7 Å². The third-order valence-electron chi connectivity index (χ3n) is 3.71. The highest BCUT2D eigenvalue weighted by molar-refractivity contribution is 6.31. The molecule has 0 spiro atoms. The number of hydrogen-bond donors (Lipinski definition) is 1. The van der Waals surface area contributed by atoms with Gasteiger partial charge in [-0.15, -0.1) is 0 Å². The summed E-state index contributed by atoms with van der Waals surface area (Å²) in [6, 6.07) is 9.77. The lowest BCUT2D eigenvalue weighted by Crippen LogP contribution is -2.30. The van der Waals surface area contributed by atoms with Crippen molar-refractivity contribution in [3.63, 3.8) is 0 Å². The second-order valence-electron chi connectivity index (χ2n) is 5.57. The first-order valence-electron chi connectivity index (χ1n) is 7.85. The van der Waals surface area contributed by atoms with Crippen molar-refractivity contribution in [1.82, 2.24) is 0 Å². The number of rotatable bonds is 6. The Kier molecular flexibility index (Phi) is 6.46. The second-order valence-corrected chi connectivity index (χ2v) is 5.98. The Labute approximate surface area is 157 Å². The average Bonchev–Trinajstić information content (AvgIpc) is 2.63. The second kappa shape index (κ2) is 8.58. The fourth-order valence-electron chi connectivity index (χ4n) is 2.16. The number of ether oxygens (including phenoxy) is 3. The largest absolute Gasteiger partial charge is 0.493 e. The van der Waals surface area contributed by atoms with Crippen LogP contribution in [-0.2, 0) is 9.53 Å². The molecule has 0 bridgehead atoms. The number of carbonyl (C=O) groups is 2. The van der Waals surface area contributed by atoms with E-state index < -0.39 is 18.0 Å². The highest BCUT2D eigenvalue weighted by Crippen LogP contribution is 2.28. The Morgan fingerprint density at radius 1 is 1.04 bits per heavy atom. The smallest absolute Gasteiger partial charge is 0.339 e. The van der Waals surface area contributed by atoms with E-state index in [1.165, 1.54) is 33.3 Å². The molecule has 1 N–H and O–H groups in total. The number of nitrogens with one attached hydrogen (secondary N) is 1. The molecule has 7 heteroatoms. The highest BCUT2D eigenvalue weighted by Gasteiger charge is 2.20. The van der Waals surface area contributed by atoms with Crippen molar-refractivity contribution >= 4 is 29.2 Å². The van der Waals surface area contributed by atoms with E-state index in [0.717, 1.165) is 5.56 Å². The Morgan fingerprint density at radius 2 is 1.73 bits per heavy atom. The standard InChI is InChI=1S/C19H20ClNO5/c1-11-5-7-14(10-15(11)20)21-18(22)12(2)26-19(23)13-6-8-16(24-3)17(9-13)25-4/h5-10,12H,1-4H3,(H,21,22). The van der Waals surface area contributed by atoms with Crippen molar-refractivity contribution in [2.24, 2.45) is 0 Å². The van der Waals surface area contributed by atoms with Crippen molar-refractivity contribution in [3.8, 4) is 11.5 Å². The maximum Gasteiger partial charge on any atom is 0.339 e.